The molecule has 2 aromatic rings. The van der Waals surface area contributed by atoms with E-state index in [9.17, 15) is 0 Å². The largest absolute Gasteiger partial charge is 0.348 e. The van der Waals surface area contributed by atoms with E-state index in [0.717, 1.165) is 16.8 Å². The molecule has 2 nitrogen and oxygen atoms in total. The predicted molar refractivity (Wildman–Crippen MR) is 54.4 cm³/mol. The molecule has 2 rings (SSSR count). The highest BCUT2D eigenvalue weighted by Crippen LogP contribution is 2.27. The van der Waals surface area contributed by atoms with E-state index in [0.29, 0.717) is 4.67 Å². The van der Waals surface area contributed by atoms with Gasteiger partial charge in [0, 0.05) is 11.1 Å². The second kappa shape index (κ2) is 3.34. The van der Waals surface area contributed by atoms with Gasteiger partial charge in [-0.15, -0.1) is 0 Å². The van der Waals surface area contributed by atoms with Crippen LogP contribution >= 0.6 is 15.9 Å². The third kappa shape index (κ3) is 1.52. The quantitative estimate of drug-likeness (QED) is 0.760. The van der Waals surface area contributed by atoms with Crippen LogP contribution in [0, 0.1) is 6.92 Å². The van der Waals surface area contributed by atoms with Crippen LogP contribution in [0.5, 0.6) is 0 Å². The Morgan fingerprint density at radius 3 is 2.46 bits per heavy atom. The molecule has 0 atom stereocenters. The Labute approximate surface area is 84.7 Å². The SMILES string of the molecule is Cc1c(-c2ccccc2)noc1Br. The van der Waals surface area contributed by atoms with E-state index in [1.54, 1.807) is 0 Å². The van der Waals surface area contributed by atoms with Gasteiger partial charge in [0.2, 0.25) is 4.67 Å². The van der Waals surface area contributed by atoms with Crippen LogP contribution in [0.2, 0.25) is 0 Å². The lowest BCUT2D eigenvalue weighted by Crippen LogP contribution is -1.78. The topological polar surface area (TPSA) is 26.0 Å². The standard InChI is InChI=1S/C10H8BrNO/c1-7-9(12-13-10(7)11)8-5-3-2-4-6-8/h2-6H,1H3. The van der Waals surface area contributed by atoms with E-state index >= 15 is 0 Å². The molecule has 0 spiro atoms. The van der Waals surface area contributed by atoms with Gasteiger partial charge in [0.05, 0.1) is 0 Å². The van der Waals surface area contributed by atoms with Crippen LogP contribution in [-0.2, 0) is 0 Å². The monoisotopic (exact) mass is 237 g/mol. The molecule has 0 bridgehead atoms. The van der Waals surface area contributed by atoms with Crippen LogP contribution in [0.4, 0.5) is 0 Å². The van der Waals surface area contributed by atoms with E-state index in [1.807, 2.05) is 37.3 Å². The van der Waals surface area contributed by atoms with Crippen molar-refractivity contribution in [2.24, 2.45) is 0 Å². The van der Waals surface area contributed by atoms with Gasteiger partial charge in [0.25, 0.3) is 0 Å². The van der Waals surface area contributed by atoms with Crippen molar-refractivity contribution >= 4 is 15.9 Å². The van der Waals surface area contributed by atoms with Gasteiger partial charge in [-0.2, -0.15) is 0 Å². The Morgan fingerprint density at radius 2 is 1.92 bits per heavy atom. The number of rotatable bonds is 1. The maximum absolute atomic E-state index is 5.02. The Morgan fingerprint density at radius 1 is 1.23 bits per heavy atom. The molecule has 1 heterocycles. The molecule has 0 aliphatic carbocycles. The Bertz CT molecular complexity index is 408. The highest BCUT2D eigenvalue weighted by Gasteiger charge is 2.10. The van der Waals surface area contributed by atoms with Crippen LogP contribution in [0.3, 0.4) is 0 Å². The van der Waals surface area contributed by atoms with E-state index in [-0.39, 0.29) is 0 Å². The molecule has 0 radical (unpaired) electrons. The van der Waals surface area contributed by atoms with Crippen LogP contribution in [0.25, 0.3) is 11.3 Å². The Balaban J connectivity index is 2.53. The van der Waals surface area contributed by atoms with Gasteiger partial charge >= 0.3 is 0 Å². The number of benzene rings is 1. The molecule has 0 unspecified atom stereocenters. The molecular weight excluding hydrogens is 230 g/mol. The van der Waals surface area contributed by atoms with Crippen LogP contribution in [-0.4, -0.2) is 5.16 Å². The van der Waals surface area contributed by atoms with Crippen LogP contribution < -0.4 is 0 Å². The fourth-order valence-corrected chi connectivity index (χ4v) is 1.44. The lowest BCUT2D eigenvalue weighted by Gasteiger charge is -1.94. The summed E-state index contributed by atoms with van der Waals surface area (Å²) >= 11 is 3.28. The molecule has 0 aliphatic rings. The Hall–Kier alpha value is -1.09. The normalized spacial score (nSPS) is 10.3. The molecule has 0 saturated heterocycles. The molecule has 66 valence electrons. The minimum Gasteiger partial charge on any atom is -0.348 e. The van der Waals surface area contributed by atoms with Crippen molar-refractivity contribution in [2.75, 3.05) is 0 Å². The van der Waals surface area contributed by atoms with E-state index < -0.39 is 0 Å². The van der Waals surface area contributed by atoms with Crippen molar-refractivity contribution in [3.8, 4) is 11.3 Å². The minimum absolute atomic E-state index is 0.700. The first-order valence-corrected chi connectivity index (χ1v) is 4.75. The number of hydrogen-bond donors (Lipinski definition) is 0. The molecule has 0 amide bonds. The van der Waals surface area contributed by atoms with Gasteiger partial charge in [-0.1, -0.05) is 35.5 Å². The number of hydrogen-bond acceptors (Lipinski definition) is 2. The summed E-state index contributed by atoms with van der Waals surface area (Å²) in [5.41, 5.74) is 3.01. The maximum atomic E-state index is 5.02. The van der Waals surface area contributed by atoms with Gasteiger partial charge < -0.3 is 4.52 Å². The van der Waals surface area contributed by atoms with Crippen molar-refractivity contribution in [1.29, 1.82) is 0 Å². The summed E-state index contributed by atoms with van der Waals surface area (Å²) in [6.45, 7) is 1.98. The van der Waals surface area contributed by atoms with Gasteiger partial charge in [-0.25, -0.2) is 0 Å². The second-order valence-corrected chi connectivity index (χ2v) is 3.52. The fraction of sp³-hybridized carbons (Fsp3) is 0.100. The average Bonchev–Trinajstić information content (AvgIpc) is 2.49. The van der Waals surface area contributed by atoms with Gasteiger partial charge in [0.15, 0.2) is 0 Å². The average molecular weight is 238 g/mol. The van der Waals surface area contributed by atoms with Crippen molar-refractivity contribution in [3.63, 3.8) is 0 Å². The molecule has 3 heteroatoms. The molecule has 0 aliphatic heterocycles. The van der Waals surface area contributed by atoms with Gasteiger partial charge in [-0.3, -0.25) is 0 Å². The van der Waals surface area contributed by atoms with Crippen molar-refractivity contribution in [2.45, 2.75) is 6.92 Å². The Kier molecular flexibility index (Phi) is 2.19. The molecule has 13 heavy (non-hydrogen) atoms. The minimum atomic E-state index is 0.700. The summed E-state index contributed by atoms with van der Waals surface area (Å²) in [6, 6.07) is 9.97. The van der Waals surface area contributed by atoms with Gasteiger partial charge in [0.1, 0.15) is 5.69 Å². The first kappa shape index (κ1) is 8.51. The molecular formula is C10H8BrNO. The summed E-state index contributed by atoms with van der Waals surface area (Å²) in [5, 5.41) is 3.96. The van der Waals surface area contributed by atoms with E-state index in [4.69, 9.17) is 4.52 Å². The smallest absolute Gasteiger partial charge is 0.205 e. The van der Waals surface area contributed by atoms with Crippen LogP contribution in [0.1, 0.15) is 5.56 Å². The molecule has 0 N–H and O–H groups in total. The summed E-state index contributed by atoms with van der Waals surface area (Å²) in [7, 11) is 0. The lowest BCUT2D eigenvalue weighted by molar-refractivity contribution is 0.401. The summed E-state index contributed by atoms with van der Waals surface area (Å²) < 4.78 is 5.72. The van der Waals surface area contributed by atoms with Crippen molar-refractivity contribution < 1.29 is 4.52 Å². The lowest BCUT2D eigenvalue weighted by atomic mass is 10.1. The predicted octanol–water partition coefficient (Wildman–Crippen LogP) is 3.41. The first-order valence-electron chi connectivity index (χ1n) is 3.96. The third-order valence-corrected chi connectivity index (χ3v) is 2.65. The van der Waals surface area contributed by atoms with Crippen molar-refractivity contribution in [3.05, 3.63) is 40.6 Å². The summed E-state index contributed by atoms with van der Waals surface area (Å²) in [6.07, 6.45) is 0. The van der Waals surface area contributed by atoms with Crippen molar-refractivity contribution in [1.82, 2.24) is 5.16 Å². The molecule has 1 aromatic carbocycles. The zero-order valence-corrected chi connectivity index (χ0v) is 8.71. The van der Waals surface area contributed by atoms with E-state index in [1.165, 1.54) is 0 Å². The molecule has 1 aromatic heterocycles. The van der Waals surface area contributed by atoms with Crippen LogP contribution in [0.15, 0.2) is 39.5 Å². The fourth-order valence-electron chi connectivity index (χ4n) is 1.18. The number of aromatic nitrogens is 1. The zero-order chi connectivity index (χ0) is 9.26. The highest BCUT2D eigenvalue weighted by atomic mass is 79.9. The highest BCUT2D eigenvalue weighted by molar-refractivity contribution is 9.10. The number of halogens is 1. The summed E-state index contributed by atoms with van der Waals surface area (Å²) in [4.78, 5) is 0. The third-order valence-electron chi connectivity index (χ3n) is 1.91. The molecule has 0 saturated carbocycles. The van der Waals surface area contributed by atoms with E-state index in [2.05, 4.69) is 21.1 Å². The number of nitrogens with zero attached hydrogens (tertiary/aromatic N) is 1. The first-order chi connectivity index (χ1) is 6.29. The van der Waals surface area contributed by atoms with Gasteiger partial charge in [-0.05, 0) is 22.9 Å². The maximum Gasteiger partial charge on any atom is 0.205 e. The summed E-state index contributed by atoms with van der Waals surface area (Å²) in [5.74, 6) is 0. The second-order valence-electron chi connectivity index (χ2n) is 2.80. The molecule has 0 fully saturated rings. The zero-order valence-electron chi connectivity index (χ0n) is 7.12.